The zero-order valence-corrected chi connectivity index (χ0v) is 15.4. The van der Waals surface area contributed by atoms with Crippen LogP contribution in [0.1, 0.15) is 48.9 Å². The summed E-state index contributed by atoms with van der Waals surface area (Å²) in [4.78, 5) is 15.1. The van der Waals surface area contributed by atoms with Gasteiger partial charge >= 0.3 is 0 Å². The van der Waals surface area contributed by atoms with Crippen LogP contribution < -0.4 is 5.32 Å². The van der Waals surface area contributed by atoms with E-state index < -0.39 is 0 Å². The van der Waals surface area contributed by atoms with Gasteiger partial charge in [-0.3, -0.25) is 4.79 Å². The minimum absolute atomic E-state index is 0.0920. The summed E-state index contributed by atoms with van der Waals surface area (Å²) < 4.78 is 7.41. The number of hydrogen-bond donors (Lipinski definition) is 1. The van der Waals surface area contributed by atoms with Crippen molar-refractivity contribution < 1.29 is 9.53 Å². The molecule has 1 N–H and O–H groups in total. The van der Waals surface area contributed by atoms with Gasteiger partial charge in [-0.15, -0.1) is 0 Å². The van der Waals surface area contributed by atoms with Gasteiger partial charge in [0.15, 0.2) is 0 Å². The molecule has 1 saturated carbocycles. The molecule has 138 valence electrons. The maximum absolute atomic E-state index is 12.5. The molecule has 2 saturated heterocycles. The Kier molecular flexibility index (Phi) is 4.87. The van der Waals surface area contributed by atoms with Crippen molar-refractivity contribution in [1.29, 1.82) is 0 Å². The fourth-order valence-electron chi connectivity index (χ4n) is 4.87. The molecule has 3 aliphatic rings. The Hall–Kier alpha value is -1.33. The van der Waals surface area contributed by atoms with Gasteiger partial charge in [-0.2, -0.15) is 0 Å². The van der Waals surface area contributed by atoms with E-state index in [1.54, 1.807) is 0 Å². The second-order valence-electron chi connectivity index (χ2n) is 8.35. The summed E-state index contributed by atoms with van der Waals surface area (Å²) in [7, 11) is 1.95. The van der Waals surface area contributed by atoms with Gasteiger partial charge in [0.2, 0.25) is 0 Å². The number of likely N-dealkylation sites (tertiary alicyclic amines) is 1. The molecule has 1 aromatic heterocycles. The molecule has 0 bridgehead atoms. The molecular formula is C20H31N3O2. The van der Waals surface area contributed by atoms with E-state index >= 15 is 0 Å². The van der Waals surface area contributed by atoms with Crippen molar-refractivity contribution in [3.8, 4) is 0 Å². The fraction of sp³-hybridized carbons (Fsp3) is 0.750. The van der Waals surface area contributed by atoms with Crippen molar-refractivity contribution in [3.05, 3.63) is 24.0 Å². The maximum atomic E-state index is 12.5. The number of nitrogens with one attached hydrogen (secondary N) is 1. The normalized spacial score (nSPS) is 27.2. The quantitative estimate of drug-likeness (QED) is 0.912. The maximum Gasteiger partial charge on any atom is 0.253 e. The van der Waals surface area contributed by atoms with E-state index in [0.717, 1.165) is 31.1 Å². The van der Waals surface area contributed by atoms with Crippen LogP contribution in [0.5, 0.6) is 0 Å². The molecule has 1 atom stereocenters. The molecule has 5 nitrogen and oxygen atoms in total. The van der Waals surface area contributed by atoms with Crippen LogP contribution in [0.4, 0.5) is 0 Å². The topological polar surface area (TPSA) is 46.5 Å². The van der Waals surface area contributed by atoms with E-state index in [0.29, 0.717) is 11.5 Å². The Balaban J connectivity index is 1.28. The van der Waals surface area contributed by atoms with Gasteiger partial charge in [-0.25, -0.2) is 0 Å². The Morgan fingerprint density at radius 1 is 1.24 bits per heavy atom. The van der Waals surface area contributed by atoms with Gasteiger partial charge in [0, 0.05) is 45.2 Å². The van der Waals surface area contributed by atoms with Gasteiger partial charge < -0.3 is 19.5 Å². The summed E-state index contributed by atoms with van der Waals surface area (Å²) in [6.07, 6.45) is 11.1. The van der Waals surface area contributed by atoms with Crippen molar-refractivity contribution in [3.63, 3.8) is 0 Å². The average Bonchev–Trinajstić information content (AvgIpc) is 3.07. The zero-order valence-electron chi connectivity index (χ0n) is 15.4. The van der Waals surface area contributed by atoms with Crippen LogP contribution in [-0.4, -0.2) is 54.3 Å². The van der Waals surface area contributed by atoms with Crippen LogP contribution in [0.2, 0.25) is 0 Å². The van der Waals surface area contributed by atoms with E-state index in [-0.39, 0.29) is 5.91 Å². The molecule has 1 amide bonds. The van der Waals surface area contributed by atoms with Crippen molar-refractivity contribution >= 4 is 5.91 Å². The predicted molar refractivity (Wildman–Crippen MR) is 97.6 cm³/mol. The van der Waals surface area contributed by atoms with Crippen LogP contribution in [0, 0.1) is 11.3 Å². The lowest BCUT2D eigenvalue weighted by Crippen LogP contribution is -2.59. The summed E-state index contributed by atoms with van der Waals surface area (Å²) in [5.74, 6) is 0.909. The molecule has 25 heavy (non-hydrogen) atoms. The van der Waals surface area contributed by atoms with Crippen LogP contribution in [-0.2, 0) is 11.8 Å². The lowest BCUT2D eigenvalue weighted by Gasteiger charge is -2.54. The van der Waals surface area contributed by atoms with Crippen LogP contribution in [0.3, 0.4) is 0 Å². The fourth-order valence-corrected chi connectivity index (χ4v) is 4.87. The first-order valence-corrected chi connectivity index (χ1v) is 9.88. The Bertz CT molecular complexity index is 598. The number of ether oxygens (including phenoxy) is 1. The van der Waals surface area contributed by atoms with E-state index in [1.807, 2.05) is 30.1 Å². The number of rotatable bonds is 4. The average molecular weight is 345 g/mol. The van der Waals surface area contributed by atoms with Crippen molar-refractivity contribution in [1.82, 2.24) is 14.8 Å². The molecule has 1 spiro atoms. The summed E-state index contributed by atoms with van der Waals surface area (Å²) in [6, 6.07) is 2.27. The summed E-state index contributed by atoms with van der Waals surface area (Å²) in [6.45, 7) is 5.50. The van der Waals surface area contributed by atoms with Crippen molar-refractivity contribution in [2.75, 3.05) is 32.8 Å². The third-order valence-electron chi connectivity index (χ3n) is 6.78. The molecule has 1 aliphatic carbocycles. The molecule has 3 heterocycles. The van der Waals surface area contributed by atoms with E-state index in [2.05, 4.69) is 10.2 Å². The van der Waals surface area contributed by atoms with Gasteiger partial charge in [-0.05, 0) is 69.0 Å². The Morgan fingerprint density at radius 2 is 2.00 bits per heavy atom. The van der Waals surface area contributed by atoms with Crippen molar-refractivity contribution in [2.45, 2.75) is 44.6 Å². The molecule has 0 radical (unpaired) electrons. The first-order valence-electron chi connectivity index (χ1n) is 9.88. The highest BCUT2D eigenvalue weighted by molar-refractivity contribution is 5.94. The first kappa shape index (κ1) is 17.1. The molecule has 0 aromatic carbocycles. The molecular weight excluding hydrogens is 314 g/mol. The Morgan fingerprint density at radius 3 is 2.60 bits per heavy atom. The number of hydrogen-bond acceptors (Lipinski definition) is 3. The third-order valence-corrected chi connectivity index (χ3v) is 6.78. The molecule has 1 aromatic rings. The Labute approximate surface area is 150 Å². The molecule has 0 unspecified atom stereocenters. The highest BCUT2D eigenvalue weighted by atomic mass is 16.5. The second kappa shape index (κ2) is 7.12. The number of aryl methyl sites for hydroxylation is 1. The minimum atomic E-state index is 0.0920. The number of carbonyl (C=O) groups is 1. The monoisotopic (exact) mass is 345 g/mol. The number of piperidine rings is 1. The van der Waals surface area contributed by atoms with Crippen LogP contribution in [0.15, 0.2) is 18.5 Å². The third kappa shape index (κ3) is 3.63. The minimum Gasteiger partial charge on any atom is -0.381 e. The van der Waals surface area contributed by atoms with E-state index in [1.165, 1.54) is 51.7 Å². The lowest BCUT2D eigenvalue weighted by atomic mass is 9.59. The summed E-state index contributed by atoms with van der Waals surface area (Å²) in [5.41, 5.74) is 1.14. The molecule has 3 fully saturated rings. The van der Waals surface area contributed by atoms with Crippen LogP contribution >= 0.6 is 0 Å². The standard InChI is InChI=1S/C20H31N3O2/c1-22-9-3-17(15-22)19(24)21-18-2-6-20(18)7-10-23(11-8-20)14-16-4-12-25-13-5-16/h3,9,15-16,18H,2,4-8,10-14H2,1H3,(H,21,24)/t18-/m0/s1. The number of nitrogens with zero attached hydrogens (tertiary/aromatic N) is 2. The predicted octanol–water partition coefficient (Wildman–Crippen LogP) is 2.43. The van der Waals surface area contributed by atoms with Gasteiger partial charge in [0.05, 0.1) is 5.56 Å². The van der Waals surface area contributed by atoms with Crippen LogP contribution in [0.25, 0.3) is 0 Å². The highest BCUT2D eigenvalue weighted by Crippen LogP contribution is 2.49. The molecule has 4 rings (SSSR count). The van der Waals surface area contributed by atoms with E-state index in [4.69, 9.17) is 4.74 Å². The second-order valence-corrected chi connectivity index (χ2v) is 8.35. The largest absolute Gasteiger partial charge is 0.381 e. The zero-order chi connectivity index (χ0) is 17.3. The lowest BCUT2D eigenvalue weighted by molar-refractivity contribution is -0.0158. The summed E-state index contributed by atoms with van der Waals surface area (Å²) in [5, 5.41) is 3.32. The van der Waals surface area contributed by atoms with Crippen molar-refractivity contribution in [2.24, 2.45) is 18.4 Å². The number of amides is 1. The van der Waals surface area contributed by atoms with Gasteiger partial charge in [0.25, 0.3) is 5.91 Å². The number of aromatic nitrogens is 1. The molecule has 5 heteroatoms. The molecule has 2 aliphatic heterocycles. The highest BCUT2D eigenvalue weighted by Gasteiger charge is 2.48. The first-order chi connectivity index (χ1) is 12.1. The smallest absolute Gasteiger partial charge is 0.253 e. The SMILES string of the molecule is Cn1ccc(C(=O)N[C@H]2CCC23CCN(CC2CCOCC2)CC3)c1. The number of carbonyl (C=O) groups excluding carboxylic acids is 1. The summed E-state index contributed by atoms with van der Waals surface area (Å²) >= 11 is 0. The van der Waals surface area contributed by atoms with Gasteiger partial charge in [0.1, 0.15) is 0 Å². The van der Waals surface area contributed by atoms with E-state index in [9.17, 15) is 4.79 Å². The van der Waals surface area contributed by atoms with Gasteiger partial charge in [-0.1, -0.05) is 0 Å².